The Bertz CT molecular complexity index is 980. The molecule has 0 aliphatic carbocycles. The molecule has 3 rings (SSSR count). The molecule has 2 aromatic carbocycles. The van der Waals surface area contributed by atoms with Crippen molar-refractivity contribution in [2.45, 2.75) is 14.1 Å². The number of rotatable bonds is 4. The molecule has 0 spiro atoms. The highest BCUT2D eigenvalue weighted by atomic mass is 32.2. The molecule has 3 aromatic rings. The lowest BCUT2D eigenvalue weighted by molar-refractivity contribution is -0.388. The highest BCUT2D eigenvalue weighted by Gasteiger charge is 2.21. The van der Waals surface area contributed by atoms with Gasteiger partial charge >= 0.3 is 0 Å². The summed E-state index contributed by atoms with van der Waals surface area (Å²) in [7, 11) is -4.50. The van der Waals surface area contributed by atoms with Gasteiger partial charge in [0.2, 0.25) is 0 Å². The molecule has 0 radical (unpaired) electrons. The van der Waals surface area contributed by atoms with Crippen molar-refractivity contribution in [2.24, 2.45) is 0 Å². The van der Waals surface area contributed by atoms with Gasteiger partial charge < -0.3 is 0 Å². The maximum atomic E-state index is 11.2. The van der Waals surface area contributed by atoms with E-state index in [9.17, 15) is 18.5 Å². The molecular formula is C13H8N2O5S3. The summed E-state index contributed by atoms with van der Waals surface area (Å²) in [6.07, 6.45) is 0. The van der Waals surface area contributed by atoms with Gasteiger partial charge in [0.1, 0.15) is 4.90 Å². The largest absolute Gasteiger partial charge is 0.294 e. The van der Waals surface area contributed by atoms with Crippen molar-refractivity contribution in [3.8, 4) is 0 Å². The Morgan fingerprint density at radius 3 is 2.61 bits per heavy atom. The molecule has 1 heterocycles. The highest BCUT2D eigenvalue weighted by Crippen LogP contribution is 2.39. The van der Waals surface area contributed by atoms with Crippen LogP contribution in [0.5, 0.6) is 0 Å². The molecule has 0 bridgehead atoms. The molecular weight excluding hydrogens is 360 g/mol. The van der Waals surface area contributed by atoms with Crippen LogP contribution in [-0.4, -0.2) is 22.9 Å². The van der Waals surface area contributed by atoms with Crippen molar-refractivity contribution in [1.82, 2.24) is 4.98 Å². The Kier molecular flexibility index (Phi) is 4.06. The average molecular weight is 368 g/mol. The Balaban J connectivity index is 2.03. The molecule has 0 aliphatic rings. The molecule has 7 nitrogen and oxygen atoms in total. The maximum Gasteiger partial charge on any atom is 0.294 e. The van der Waals surface area contributed by atoms with E-state index in [0.29, 0.717) is 4.34 Å². The summed E-state index contributed by atoms with van der Waals surface area (Å²) in [6.45, 7) is 0. The summed E-state index contributed by atoms with van der Waals surface area (Å²) < 4.78 is 32.8. The molecule has 1 aromatic heterocycles. The van der Waals surface area contributed by atoms with Crippen molar-refractivity contribution >= 4 is 49.1 Å². The standard InChI is InChI=1S/C13H8N2O5S3/c16-15(17)10-7-8(23(18,19)20)5-6-12(10)22-13-14-9-3-1-2-4-11(9)21-13/h1-7H,(H,18,19,20). The number of fused-ring (bicyclic) bond motifs is 1. The van der Waals surface area contributed by atoms with Crippen LogP contribution in [0, 0.1) is 10.1 Å². The first-order valence-electron chi connectivity index (χ1n) is 6.14. The lowest BCUT2D eigenvalue weighted by atomic mass is 10.3. The summed E-state index contributed by atoms with van der Waals surface area (Å²) in [5.74, 6) is 0. The zero-order valence-electron chi connectivity index (χ0n) is 11.2. The number of thiazole rings is 1. The predicted molar refractivity (Wildman–Crippen MR) is 86.7 cm³/mol. The van der Waals surface area contributed by atoms with Crippen molar-refractivity contribution in [2.75, 3.05) is 0 Å². The van der Waals surface area contributed by atoms with Crippen LogP contribution in [0.25, 0.3) is 10.2 Å². The minimum atomic E-state index is -4.50. The van der Waals surface area contributed by atoms with E-state index in [1.807, 2.05) is 24.3 Å². The molecule has 0 atom stereocenters. The fraction of sp³-hybridized carbons (Fsp3) is 0. The van der Waals surface area contributed by atoms with Crippen LogP contribution < -0.4 is 0 Å². The first-order chi connectivity index (χ1) is 10.8. The second-order valence-electron chi connectivity index (χ2n) is 4.41. The summed E-state index contributed by atoms with van der Waals surface area (Å²) in [5, 5.41) is 11.2. The van der Waals surface area contributed by atoms with Gasteiger partial charge in [0.25, 0.3) is 15.8 Å². The lowest BCUT2D eigenvalue weighted by Crippen LogP contribution is -2.00. The number of para-hydroxylation sites is 1. The Labute approximate surface area is 138 Å². The molecule has 1 N–H and O–H groups in total. The van der Waals surface area contributed by atoms with E-state index in [1.165, 1.54) is 17.4 Å². The topological polar surface area (TPSA) is 110 Å². The van der Waals surface area contributed by atoms with Gasteiger partial charge in [0.15, 0.2) is 4.34 Å². The number of benzene rings is 2. The van der Waals surface area contributed by atoms with E-state index < -0.39 is 25.6 Å². The van der Waals surface area contributed by atoms with Crippen molar-refractivity contribution in [3.63, 3.8) is 0 Å². The number of hydrogen-bond acceptors (Lipinski definition) is 7. The third-order valence-corrected chi connectivity index (χ3v) is 5.91. The van der Waals surface area contributed by atoms with Crippen molar-refractivity contribution in [1.29, 1.82) is 0 Å². The fourth-order valence-corrected chi connectivity index (χ4v) is 4.48. The van der Waals surface area contributed by atoms with E-state index in [0.717, 1.165) is 34.1 Å². The van der Waals surface area contributed by atoms with Crippen molar-refractivity contribution in [3.05, 3.63) is 52.6 Å². The molecule has 0 saturated heterocycles. The van der Waals surface area contributed by atoms with Gasteiger partial charge in [-0.2, -0.15) is 8.42 Å². The molecule has 0 aliphatic heterocycles. The van der Waals surface area contributed by atoms with Crippen LogP contribution in [-0.2, 0) is 10.1 Å². The number of nitrogens with zero attached hydrogens (tertiary/aromatic N) is 2. The number of nitro benzene ring substituents is 1. The molecule has 23 heavy (non-hydrogen) atoms. The molecule has 0 fully saturated rings. The molecule has 0 amide bonds. The summed E-state index contributed by atoms with van der Waals surface area (Å²) in [5.41, 5.74) is 0.390. The van der Waals surface area contributed by atoms with Crippen LogP contribution in [0.1, 0.15) is 0 Å². The SMILES string of the molecule is O=[N+]([O-])c1cc(S(=O)(=O)O)ccc1Sc1nc2ccccc2s1. The smallest absolute Gasteiger partial charge is 0.282 e. The summed E-state index contributed by atoms with van der Waals surface area (Å²) in [6, 6.07) is 10.7. The van der Waals surface area contributed by atoms with Gasteiger partial charge in [-0.15, -0.1) is 11.3 Å². The predicted octanol–water partition coefficient (Wildman–Crippen LogP) is 3.60. The highest BCUT2D eigenvalue weighted by molar-refractivity contribution is 8.01. The summed E-state index contributed by atoms with van der Waals surface area (Å²) in [4.78, 5) is 14.6. The van der Waals surface area contributed by atoms with E-state index in [1.54, 1.807) is 0 Å². The first kappa shape index (κ1) is 15.9. The number of nitro groups is 1. The maximum absolute atomic E-state index is 11.2. The Morgan fingerprint density at radius 2 is 1.96 bits per heavy atom. The van der Waals surface area contributed by atoms with Crippen molar-refractivity contribution < 1.29 is 17.9 Å². The van der Waals surface area contributed by atoms with Crippen LogP contribution in [0.4, 0.5) is 5.69 Å². The minimum Gasteiger partial charge on any atom is -0.282 e. The van der Waals surface area contributed by atoms with Gasteiger partial charge in [-0.05, 0) is 24.3 Å². The molecule has 10 heteroatoms. The van der Waals surface area contributed by atoms with Crippen LogP contribution in [0.2, 0.25) is 0 Å². The van der Waals surface area contributed by atoms with E-state index >= 15 is 0 Å². The monoisotopic (exact) mass is 368 g/mol. The van der Waals surface area contributed by atoms with E-state index in [-0.39, 0.29) is 4.90 Å². The van der Waals surface area contributed by atoms with Crippen LogP contribution in [0.3, 0.4) is 0 Å². The second-order valence-corrected chi connectivity index (χ2v) is 8.15. The van der Waals surface area contributed by atoms with Gasteiger partial charge in [-0.1, -0.05) is 23.9 Å². The fourth-order valence-electron chi connectivity index (χ4n) is 1.88. The molecule has 0 unspecified atom stereocenters. The Hall–Kier alpha value is -2.01. The number of hydrogen-bond donors (Lipinski definition) is 1. The third-order valence-electron chi connectivity index (χ3n) is 2.90. The van der Waals surface area contributed by atoms with Crippen LogP contribution in [0.15, 0.2) is 56.6 Å². The van der Waals surface area contributed by atoms with Gasteiger partial charge in [-0.25, -0.2) is 4.98 Å². The average Bonchev–Trinajstić information content (AvgIpc) is 2.88. The third kappa shape index (κ3) is 3.34. The molecule has 0 saturated carbocycles. The van der Waals surface area contributed by atoms with E-state index in [2.05, 4.69) is 4.98 Å². The lowest BCUT2D eigenvalue weighted by Gasteiger charge is -2.02. The van der Waals surface area contributed by atoms with Gasteiger partial charge in [-0.3, -0.25) is 14.7 Å². The zero-order valence-corrected chi connectivity index (χ0v) is 13.7. The minimum absolute atomic E-state index is 0.251. The van der Waals surface area contributed by atoms with E-state index in [4.69, 9.17) is 4.55 Å². The van der Waals surface area contributed by atoms with Crippen LogP contribution >= 0.6 is 23.1 Å². The Morgan fingerprint density at radius 1 is 1.22 bits per heavy atom. The first-order valence-corrected chi connectivity index (χ1v) is 9.21. The second kappa shape index (κ2) is 5.89. The zero-order chi connectivity index (χ0) is 16.6. The van der Waals surface area contributed by atoms with Gasteiger partial charge in [0, 0.05) is 6.07 Å². The number of aromatic nitrogens is 1. The normalized spacial score (nSPS) is 11.7. The molecule has 118 valence electrons. The summed E-state index contributed by atoms with van der Waals surface area (Å²) >= 11 is 2.46. The van der Waals surface area contributed by atoms with Gasteiger partial charge in [0.05, 0.1) is 20.0 Å². The quantitative estimate of drug-likeness (QED) is 0.425.